The Bertz CT molecular complexity index is 683. The smallest absolute Gasteiger partial charge is 0.272 e. The number of benzene rings is 1. The van der Waals surface area contributed by atoms with Gasteiger partial charge in [-0.3, -0.25) is 4.79 Å². The number of hydrogen-bond donors (Lipinski definition) is 1. The van der Waals surface area contributed by atoms with Gasteiger partial charge in [-0.1, -0.05) is 0 Å². The number of aryl methyl sites for hydroxylation is 1. The molecule has 0 unspecified atom stereocenters. The number of aromatic hydroxyl groups is 1. The van der Waals surface area contributed by atoms with Crippen molar-refractivity contribution in [2.75, 3.05) is 0 Å². The number of halogens is 1. The number of rotatable bonds is 0. The van der Waals surface area contributed by atoms with Crippen LogP contribution in [-0.4, -0.2) is 9.67 Å². The molecule has 2 rings (SSSR count). The third-order valence-corrected chi connectivity index (χ3v) is 2.44. The molecule has 0 spiro atoms. The molecule has 1 heterocycles. The van der Waals surface area contributed by atoms with Crippen molar-refractivity contribution in [1.82, 2.24) is 4.57 Å². The molecule has 0 amide bonds. The second kappa shape index (κ2) is 3.35. The maximum atomic E-state index is 13.0. The van der Waals surface area contributed by atoms with E-state index in [0.717, 1.165) is 16.7 Å². The average molecular weight is 218 g/mol. The van der Waals surface area contributed by atoms with Crippen molar-refractivity contribution in [2.24, 2.45) is 7.05 Å². The Morgan fingerprint density at radius 1 is 1.50 bits per heavy atom. The largest absolute Gasteiger partial charge is 0.506 e. The first-order valence-electron chi connectivity index (χ1n) is 4.47. The number of fused-ring (bicyclic) bond motifs is 1. The van der Waals surface area contributed by atoms with E-state index in [-0.39, 0.29) is 16.5 Å². The van der Waals surface area contributed by atoms with E-state index in [2.05, 4.69) is 0 Å². The summed E-state index contributed by atoms with van der Waals surface area (Å²) in [5.74, 6) is -0.910. The van der Waals surface area contributed by atoms with E-state index >= 15 is 0 Å². The highest BCUT2D eigenvalue weighted by Crippen LogP contribution is 2.25. The molecule has 0 atom stereocenters. The van der Waals surface area contributed by atoms with E-state index < -0.39 is 17.1 Å². The molecule has 1 N–H and O–H groups in total. The van der Waals surface area contributed by atoms with Crippen molar-refractivity contribution < 1.29 is 9.50 Å². The SMILES string of the molecule is Cn1c(=O)c(C#N)c(O)c2ccc(F)cc21. The molecule has 0 aliphatic carbocycles. The maximum Gasteiger partial charge on any atom is 0.272 e. The zero-order valence-corrected chi connectivity index (χ0v) is 8.36. The average Bonchev–Trinajstić information content (AvgIpc) is 2.27. The standard InChI is InChI=1S/C11H7FN2O2/c1-14-9-4-6(12)2-3-7(9)10(15)8(5-13)11(14)16/h2-4,15H,1H3. The fraction of sp³-hybridized carbons (Fsp3) is 0.0909. The van der Waals surface area contributed by atoms with Crippen molar-refractivity contribution in [1.29, 1.82) is 5.26 Å². The summed E-state index contributed by atoms with van der Waals surface area (Å²) in [5.41, 5.74) is -0.721. The Labute approximate surface area is 89.8 Å². The van der Waals surface area contributed by atoms with Gasteiger partial charge in [-0.15, -0.1) is 0 Å². The van der Waals surface area contributed by atoms with Crippen LogP contribution in [0.15, 0.2) is 23.0 Å². The minimum absolute atomic E-state index is 0.251. The van der Waals surface area contributed by atoms with Crippen molar-refractivity contribution in [3.05, 3.63) is 39.9 Å². The molecule has 0 aliphatic heterocycles. The number of hydrogen-bond acceptors (Lipinski definition) is 3. The lowest BCUT2D eigenvalue weighted by atomic mass is 10.1. The van der Waals surface area contributed by atoms with E-state index in [1.807, 2.05) is 0 Å². The predicted octanol–water partition coefficient (Wildman–Crippen LogP) is 1.25. The molecule has 16 heavy (non-hydrogen) atoms. The predicted molar refractivity (Wildman–Crippen MR) is 55.5 cm³/mol. The van der Waals surface area contributed by atoms with Crippen molar-refractivity contribution in [2.45, 2.75) is 0 Å². The summed E-state index contributed by atoms with van der Waals surface area (Å²) in [6.45, 7) is 0. The molecule has 2 aromatic rings. The van der Waals surface area contributed by atoms with E-state index in [9.17, 15) is 14.3 Å². The van der Waals surface area contributed by atoms with Gasteiger partial charge in [0.2, 0.25) is 0 Å². The summed E-state index contributed by atoms with van der Waals surface area (Å²) in [5, 5.41) is 18.7. The fourth-order valence-corrected chi connectivity index (χ4v) is 1.60. The second-order valence-electron chi connectivity index (χ2n) is 3.36. The highest BCUT2D eigenvalue weighted by atomic mass is 19.1. The summed E-state index contributed by atoms with van der Waals surface area (Å²) >= 11 is 0. The van der Waals surface area contributed by atoms with Crippen LogP contribution in [0.1, 0.15) is 5.56 Å². The van der Waals surface area contributed by atoms with Gasteiger partial charge in [0.25, 0.3) is 5.56 Å². The van der Waals surface area contributed by atoms with Crippen LogP contribution in [0.4, 0.5) is 4.39 Å². The lowest BCUT2D eigenvalue weighted by Crippen LogP contribution is -2.20. The van der Waals surface area contributed by atoms with Gasteiger partial charge < -0.3 is 9.67 Å². The summed E-state index contributed by atoms with van der Waals surface area (Å²) < 4.78 is 14.1. The highest BCUT2D eigenvalue weighted by Gasteiger charge is 2.14. The lowest BCUT2D eigenvalue weighted by molar-refractivity contribution is 0.477. The normalized spacial score (nSPS) is 10.3. The Morgan fingerprint density at radius 3 is 2.81 bits per heavy atom. The Balaban J connectivity index is 3.09. The molecule has 0 bridgehead atoms. The molecular formula is C11H7FN2O2. The molecule has 0 saturated carbocycles. The zero-order chi connectivity index (χ0) is 11.9. The molecule has 4 nitrogen and oxygen atoms in total. The number of nitriles is 1. The number of pyridine rings is 1. The molecular weight excluding hydrogens is 211 g/mol. The molecule has 1 aromatic heterocycles. The molecule has 1 aromatic carbocycles. The maximum absolute atomic E-state index is 13.0. The second-order valence-corrected chi connectivity index (χ2v) is 3.36. The van der Waals surface area contributed by atoms with Crippen LogP contribution >= 0.6 is 0 Å². The summed E-state index contributed by atoms with van der Waals surface area (Å²) in [6.07, 6.45) is 0. The van der Waals surface area contributed by atoms with Gasteiger partial charge in [-0.05, 0) is 18.2 Å². The molecule has 0 radical (unpaired) electrons. The van der Waals surface area contributed by atoms with Crippen LogP contribution in [0.2, 0.25) is 0 Å². The van der Waals surface area contributed by atoms with E-state index in [0.29, 0.717) is 0 Å². The van der Waals surface area contributed by atoms with Crippen LogP contribution in [0.25, 0.3) is 10.9 Å². The quantitative estimate of drug-likeness (QED) is 0.723. The minimum Gasteiger partial charge on any atom is -0.506 e. The zero-order valence-electron chi connectivity index (χ0n) is 8.36. The fourth-order valence-electron chi connectivity index (χ4n) is 1.60. The first-order valence-corrected chi connectivity index (χ1v) is 4.47. The third-order valence-electron chi connectivity index (χ3n) is 2.44. The van der Waals surface area contributed by atoms with E-state index in [1.54, 1.807) is 6.07 Å². The number of aromatic nitrogens is 1. The van der Waals surface area contributed by atoms with Gasteiger partial charge in [-0.25, -0.2) is 4.39 Å². The van der Waals surface area contributed by atoms with Gasteiger partial charge in [0.05, 0.1) is 5.52 Å². The summed E-state index contributed by atoms with van der Waals surface area (Å²) in [6, 6.07) is 5.26. The van der Waals surface area contributed by atoms with E-state index in [4.69, 9.17) is 5.26 Å². The van der Waals surface area contributed by atoms with Crippen molar-refractivity contribution >= 4 is 10.9 Å². The molecule has 5 heteroatoms. The van der Waals surface area contributed by atoms with Crippen LogP contribution in [0.5, 0.6) is 5.75 Å². The van der Waals surface area contributed by atoms with Crippen LogP contribution in [0.3, 0.4) is 0 Å². The van der Waals surface area contributed by atoms with Gasteiger partial charge in [0.15, 0.2) is 5.56 Å². The van der Waals surface area contributed by atoms with Crippen molar-refractivity contribution in [3.63, 3.8) is 0 Å². The molecule has 80 valence electrons. The van der Waals surface area contributed by atoms with Gasteiger partial charge >= 0.3 is 0 Å². The Kier molecular flexibility index (Phi) is 2.13. The minimum atomic E-state index is -0.641. The van der Waals surface area contributed by atoms with Crippen LogP contribution in [-0.2, 0) is 7.05 Å². The first kappa shape index (κ1) is 10.2. The molecule has 0 saturated heterocycles. The highest BCUT2D eigenvalue weighted by molar-refractivity contribution is 5.87. The summed E-state index contributed by atoms with van der Waals surface area (Å²) in [4.78, 5) is 11.6. The van der Waals surface area contributed by atoms with Crippen molar-refractivity contribution in [3.8, 4) is 11.8 Å². The third kappa shape index (κ3) is 1.24. The lowest BCUT2D eigenvalue weighted by Gasteiger charge is -2.07. The Hall–Kier alpha value is -2.35. The van der Waals surface area contributed by atoms with E-state index in [1.165, 1.54) is 13.1 Å². The first-order chi connectivity index (χ1) is 7.56. The van der Waals surface area contributed by atoms with Gasteiger partial charge in [-0.2, -0.15) is 5.26 Å². The van der Waals surface area contributed by atoms with Crippen LogP contribution < -0.4 is 5.56 Å². The Morgan fingerprint density at radius 2 is 2.19 bits per heavy atom. The van der Waals surface area contributed by atoms with Gasteiger partial charge in [0.1, 0.15) is 17.6 Å². The van der Waals surface area contributed by atoms with Crippen LogP contribution in [0, 0.1) is 17.1 Å². The molecule has 0 fully saturated rings. The topological polar surface area (TPSA) is 66.0 Å². The molecule has 0 aliphatic rings. The summed E-state index contributed by atoms with van der Waals surface area (Å²) in [7, 11) is 1.42. The number of nitrogens with zero attached hydrogens (tertiary/aromatic N) is 2. The van der Waals surface area contributed by atoms with Gasteiger partial charge in [0, 0.05) is 12.4 Å². The monoisotopic (exact) mass is 218 g/mol.